The summed E-state index contributed by atoms with van der Waals surface area (Å²) in [6.07, 6.45) is -0.283. The van der Waals surface area contributed by atoms with Gasteiger partial charge >= 0.3 is 0 Å². The number of hydrogen-bond acceptors (Lipinski definition) is 5. The molecule has 2 aromatic carbocycles. The summed E-state index contributed by atoms with van der Waals surface area (Å²) < 4.78 is 31.5. The zero-order valence-corrected chi connectivity index (χ0v) is 15.9. The third-order valence-electron chi connectivity index (χ3n) is 3.68. The first kappa shape index (κ1) is 19.9. The Labute approximate surface area is 157 Å². The Hall–Kier alpha value is -2.38. The maximum absolute atomic E-state index is 12.9. The molecule has 8 heteroatoms. The lowest BCUT2D eigenvalue weighted by Crippen LogP contribution is -2.38. The van der Waals surface area contributed by atoms with Crippen molar-refractivity contribution in [1.29, 1.82) is 0 Å². The van der Waals surface area contributed by atoms with Gasteiger partial charge in [-0.1, -0.05) is 17.7 Å². The Morgan fingerprint density at radius 2 is 1.62 bits per heavy atom. The van der Waals surface area contributed by atoms with Gasteiger partial charge in [-0.3, -0.25) is 9.59 Å². The van der Waals surface area contributed by atoms with Gasteiger partial charge in [-0.15, -0.1) is 0 Å². The summed E-state index contributed by atoms with van der Waals surface area (Å²) in [7, 11) is -2.65. The molecular formula is C18H18ClNO5S. The van der Waals surface area contributed by atoms with Crippen LogP contribution < -0.4 is 4.74 Å². The van der Waals surface area contributed by atoms with Gasteiger partial charge in [0.1, 0.15) is 5.75 Å². The average molecular weight is 396 g/mol. The number of ether oxygens (including phenoxy) is 1. The molecule has 0 unspecified atom stereocenters. The average Bonchev–Trinajstić information content (AvgIpc) is 2.61. The van der Waals surface area contributed by atoms with Gasteiger partial charge in [0.25, 0.3) is 15.9 Å². The number of amides is 1. The van der Waals surface area contributed by atoms with Crippen LogP contribution >= 0.6 is 11.6 Å². The quantitative estimate of drug-likeness (QED) is 0.673. The number of hydrogen-bond donors (Lipinski definition) is 0. The molecule has 0 bridgehead atoms. The summed E-state index contributed by atoms with van der Waals surface area (Å²) in [4.78, 5) is 23.9. The molecule has 2 rings (SSSR count). The minimum absolute atomic E-state index is 0.0352. The monoisotopic (exact) mass is 395 g/mol. The van der Waals surface area contributed by atoms with Gasteiger partial charge in [0.2, 0.25) is 5.24 Å². The second kappa shape index (κ2) is 8.33. The minimum Gasteiger partial charge on any atom is -0.497 e. The smallest absolute Gasteiger partial charge is 0.267 e. The number of halogens is 1. The molecule has 6 nitrogen and oxygen atoms in total. The van der Waals surface area contributed by atoms with Gasteiger partial charge in [-0.2, -0.15) is 0 Å². The number of carbonyl (C=O) groups is 2. The van der Waals surface area contributed by atoms with Crippen molar-refractivity contribution in [2.75, 3.05) is 13.7 Å². The third kappa shape index (κ3) is 4.62. The summed E-state index contributed by atoms with van der Waals surface area (Å²) in [6, 6.07) is 12.1. The molecule has 0 aromatic heterocycles. The fourth-order valence-electron chi connectivity index (χ4n) is 2.24. The highest BCUT2D eigenvalue weighted by atomic mass is 35.5. The molecule has 0 aliphatic rings. The van der Waals surface area contributed by atoms with Crippen molar-refractivity contribution in [2.45, 2.75) is 18.2 Å². The van der Waals surface area contributed by atoms with Gasteiger partial charge in [0.15, 0.2) is 0 Å². The molecule has 0 saturated carbocycles. The summed E-state index contributed by atoms with van der Waals surface area (Å²) in [5.74, 6) is -0.212. The number of benzene rings is 2. The topological polar surface area (TPSA) is 80.8 Å². The maximum atomic E-state index is 12.9. The Bertz CT molecular complexity index is 892. The van der Waals surface area contributed by atoms with Crippen molar-refractivity contribution in [3.8, 4) is 5.75 Å². The Kier molecular flexibility index (Phi) is 6.39. The van der Waals surface area contributed by atoms with Gasteiger partial charge in [0.05, 0.1) is 12.0 Å². The lowest BCUT2D eigenvalue weighted by molar-refractivity contribution is -0.111. The van der Waals surface area contributed by atoms with Crippen LogP contribution in [0.4, 0.5) is 0 Å². The first-order valence-electron chi connectivity index (χ1n) is 7.72. The molecule has 0 radical (unpaired) electrons. The summed E-state index contributed by atoms with van der Waals surface area (Å²) >= 11 is 5.34. The third-order valence-corrected chi connectivity index (χ3v) is 5.67. The van der Waals surface area contributed by atoms with Crippen molar-refractivity contribution in [3.63, 3.8) is 0 Å². The molecule has 0 aliphatic carbocycles. The van der Waals surface area contributed by atoms with E-state index < -0.39 is 21.2 Å². The molecule has 138 valence electrons. The molecule has 2 aromatic rings. The number of sulfonamides is 1. The molecule has 0 spiro atoms. The summed E-state index contributed by atoms with van der Waals surface area (Å²) in [5, 5.41) is -0.725. The Balaban J connectivity index is 2.42. The van der Waals surface area contributed by atoms with Crippen LogP contribution in [0.3, 0.4) is 0 Å². The molecule has 0 atom stereocenters. The van der Waals surface area contributed by atoms with E-state index >= 15 is 0 Å². The van der Waals surface area contributed by atoms with Crippen LogP contribution in [0.1, 0.15) is 22.3 Å². The van der Waals surface area contributed by atoms with E-state index in [2.05, 4.69) is 0 Å². The number of rotatable bonds is 7. The van der Waals surface area contributed by atoms with Crippen LogP contribution in [0.2, 0.25) is 0 Å². The van der Waals surface area contributed by atoms with E-state index in [9.17, 15) is 18.0 Å². The SMILES string of the molecule is COc1ccc(C(=O)N(CCC(=O)Cl)S(=O)(=O)c2ccc(C)cc2)cc1. The molecule has 0 fully saturated rings. The fraction of sp³-hybridized carbons (Fsp3) is 0.222. The second-order valence-electron chi connectivity index (χ2n) is 5.53. The van der Waals surface area contributed by atoms with Crippen LogP contribution in [0, 0.1) is 6.92 Å². The van der Waals surface area contributed by atoms with Crippen molar-refractivity contribution in [3.05, 3.63) is 59.7 Å². The Morgan fingerprint density at radius 3 is 2.12 bits per heavy atom. The van der Waals surface area contributed by atoms with E-state index in [1.165, 1.54) is 31.4 Å². The van der Waals surface area contributed by atoms with E-state index in [4.69, 9.17) is 16.3 Å². The van der Waals surface area contributed by atoms with Crippen LogP contribution in [-0.4, -0.2) is 37.5 Å². The number of aryl methyl sites for hydroxylation is 1. The van der Waals surface area contributed by atoms with Crippen molar-refractivity contribution in [1.82, 2.24) is 4.31 Å². The van der Waals surface area contributed by atoms with Gasteiger partial charge < -0.3 is 4.74 Å². The van der Waals surface area contributed by atoms with E-state index in [1.807, 2.05) is 6.92 Å². The van der Waals surface area contributed by atoms with Gasteiger partial charge in [0, 0.05) is 18.5 Å². The van der Waals surface area contributed by atoms with E-state index in [-0.39, 0.29) is 23.4 Å². The van der Waals surface area contributed by atoms with Crippen LogP contribution in [-0.2, 0) is 14.8 Å². The number of carbonyl (C=O) groups excluding carboxylic acids is 2. The largest absolute Gasteiger partial charge is 0.497 e. The number of nitrogens with zero attached hydrogens (tertiary/aromatic N) is 1. The summed E-state index contributed by atoms with van der Waals surface area (Å²) in [6.45, 7) is 1.48. The lowest BCUT2D eigenvalue weighted by atomic mass is 10.2. The normalized spacial score (nSPS) is 11.0. The number of methoxy groups -OCH3 is 1. The Morgan fingerprint density at radius 1 is 1.04 bits per heavy atom. The molecular weight excluding hydrogens is 378 g/mol. The fourth-order valence-corrected chi connectivity index (χ4v) is 3.71. The van der Waals surface area contributed by atoms with Crippen molar-refractivity contribution >= 4 is 32.8 Å². The van der Waals surface area contributed by atoms with Gasteiger partial charge in [-0.25, -0.2) is 12.7 Å². The van der Waals surface area contributed by atoms with E-state index in [1.54, 1.807) is 24.3 Å². The molecule has 0 aliphatic heterocycles. The van der Waals surface area contributed by atoms with Crippen molar-refractivity contribution in [2.24, 2.45) is 0 Å². The molecule has 1 amide bonds. The first-order chi connectivity index (χ1) is 12.3. The lowest BCUT2D eigenvalue weighted by Gasteiger charge is -2.22. The van der Waals surface area contributed by atoms with E-state index in [0.29, 0.717) is 10.1 Å². The standard InChI is InChI=1S/C18H18ClNO5S/c1-13-3-9-16(10-4-13)26(23,24)20(12-11-17(19)21)18(22)14-5-7-15(25-2)8-6-14/h3-10H,11-12H2,1-2H3. The van der Waals surface area contributed by atoms with Crippen molar-refractivity contribution < 1.29 is 22.7 Å². The van der Waals surface area contributed by atoms with E-state index in [0.717, 1.165) is 5.56 Å². The van der Waals surface area contributed by atoms with Crippen LogP contribution in [0.5, 0.6) is 5.75 Å². The highest BCUT2D eigenvalue weighted by Gasteiger charge is 2.30. The van der Waals surface area contributed by atoms with Crippen LogP contribution in [0.25, 0.3) is 0 Å². The molecule has 0 saturated heterocycles. The maximum Gasteiger partial charge on any atom is 0.267 e. The first-order valence-corrected chi connectivity index (χ1v) is 9.53. The summed E-state index contributed by atoms with van der Waals surface area (Å²) in [5.41, 5.74) is 1.04. The molecule has 0 heterocycles. The van der Waals surface area contributed by atoms with Crippen LogP contribution in [0.15, 0.2) is 53.4 Å². The highest BCUT2D eigenvalue weighted by Crippen LogP contribution is 2.21. The molecule has 0 N–H and O–H groups in total. The zero-order valence-electron chi connectivity index (χ0n) is 14.3. The van der Waals surface area contributed by atoms with Gasteiger partial charge in [-0.05, 0) is 54.9 Å². The second-order valence-corrected chi connectivity index (χ2v) is 7.81. The highest BCUT2D eigenvalue weighted by molar-refractivity contribution is 7.89. The predicted octanol–water partition coefficient (Wildman–Crippen LogP) is 2.99. The predicted molar refractivity (Wildman–Crippen MR) is 97.9 cm³/mol. The zero-order chi connectivity index (χ0) is 19.3. The molecule has 26 heavy (non-hydrogen) atoms. The minimum atomic E-state index is -4.13.